The molecule has 17 heavy (non-hydrogen) atoms. The second kappa shape index (κ2) is 7.63. The lowest BCUT2D eigenvalue weighted by atomic mass is 10.2. The number of carbonyl (C=O) groups is 1. The maximum absolute atomic E-state index is 11.7. The Hall–Kier alpha value is -0.650. The first-order valence-corrected chi connectivity index (χ1v) is 6.45. The van der Waals surface area contributed by atoms with Gasteiger partial charge in [-0.2, -0.15) is 0 Å². The highest BCUT2D eigenvalue weighted by atomic mass is 16.5. The summed E-state index contributed by atoms with van der Waals surface area (Å²) in [4.78, 5) is 15.7. The van der Waals surface area contributed by atoms with Crippen molar-refractivity contribution in [3.05, 3.63) is 0 Å². The largest absolute Gasteiger partial charge is 0.377 e. The normalized spacial score (nSPS) is 20.4. The van der Waals surface area contributed by atoms with Crippen molar-refractivity contribution < 1.29 is 9.53 Å². The summed E-state index contributed by atoms with van der Waals surface area (Å²) in [6.45, 7) is 6.49. The van der Waals surface area contributed by atoms with Gasteiger partial charge in [0.05, 0.1) is 12.6 Å². The van der Waals surface area contributed by atoms with E-state index in [0.717, 1.165) is 32.5 Å². The standard InChI is InChI=1S/C12H25N3O2/c1-3-17-11(9-13)5-8-15-7-4-6-14(2)12(16)10-15/h11H,3-10,13H2,1-2H3. The van der Waals surface area contributed by atoms with Crippen LogP contribution in [0.15, 0.2) is 0 Å². The van der Waals surface area contributed by atoms with E-state index in [1.54, 1.807) is 0 Å². The van der Waals surface area contributed by atoms with Crippen LogP contribution in [0.2, 0.25) is 0 Å². The van der Waals surface area contributed by atoms with Crippen LogP contribution in [0.25, 0.3) is 0 Å². The lowest BCUT2D eigenvalue weighted by Gasteiger charge is -2.22. The summed E-state index contributed by atoms with van der Waals surface area (Å²) in [5.74, 6) is 0.211. The molecule has 0 aromatic rings. The molecule has 1 saturated heterocycles. The molecule has 1 atom stereocenters. The van der Waals surface area contributed by atoms with Crippen LogP contribution in [0, 0.1) is 0 Å². The fraction of sp³-hybridized carbons (Fsp3) is 0.917. The van der Waals surface area contributed by atoms with Crippen LogP contribution in [-0.4, -0.2) is 68.2 Å². The molecule has 0 aliphatic carbocycles. The minimum Gasteiger partial charge on any atom is -0.377 e. The van der Waals surface area contributed by atoms with Gasteiger partial charge in [0.1, 0.15) is 0 Å². The van der Waals surface area contributed by atoms with Crippen molar-refractivity contribution in [2.45, 2.75) is 25.9 Å². The Morgan fingerprint density at radius 3 is 2.88 bits per heavy atom. The van der Waals surface area contributed by atoms with Gasteiger partial charge in [0.25, 0.3) is 0 Å². The summed E-state index contributed by atoms with van der Waals surface area (Å²) in [6, 6.07) is 0. The van der Waals surface area contributed by atoms with Crippen molar-refractivity contribution in [3.63, 3.8) is 0 Å². The Labute approximate surface area is 104 Å². The van der Waals surface area contributed by atoms with Gasteiger partial charge in [-0.05, 0) is 19.8 Å². The first-order chi connectivity index (χ1) is 8.17. The van der Waals surface area contributed by atoms with Crippen molar-refractivity contribution in [2.75, 3.05) is 46.4 Å². The Bertz CT molecular complexity index is 236. The second-order valence-electron chi connectivity index (χ2n) is 4.55. The molecule has 0 saturated carbocycles. The van der Waals surface area contributed by atoms with E-state index in [0.29, 0.717) is 19.7 Å². The van der Waals surface area contributed by atoms with Gasteiger partial charge in [-0.25, -0.2) is 0 Å². The summed E-state index contributed by atoms with van der Waals surface area (Å²) < 4.78 is 5.51. The van der Waals surface area contributed by atoms with E-state index in [1.807, 2.05) is 18.9 Å². The third kappa shape index (κ3) is 5.02. The number of hydrogen-bond acceptors (Lipinski definition) is 4. The number of carbonyl (C=O) groups excluding carboxylic acids is 1. The Kier molecular flexibility index (Phi) is 6.47. The number of likely N-dealkylation sites (N-methyl/N-ethyl adjacent to an activating group) is 1. The Morgan fingerprint density at radius 2 is 2.24 bits per heavy atom. The molecule has 0 aromatic heterocycles. The zero-order valence-electron chi connectivity index (χ0n) is 11.0. The smallest absolute Gasteiger partial charge is 0.236 e. The molecule has 1 rings (SSSR count). The van der Waals surface area contributed by atoms with Crippen LogP contribution < -0.4 is 5.73 Å². The van der Waals surface area contributed by atoms with E-state index < -0.39 is 0 Å². The molecule has 0 aromatic carbocycles. The SMILES string of the molecule is CCOC(CN)CCN1CCCN(C)C(=O)C1. The van der Waals surface area contributed by atoms with Crippen molar-refractivity contribution in [1.82, 2.24) is 9.80 Å². The fourth-order valence-electron chi connectivity index (χ4n) is 2.07. The van der Waals surface area contributed by atoms with Crippen molar-refractivity contribution in [1.29, 1.82) is 0 Å². The molecule has 2 N–H and O–H groups in total. The van der Waals surface area contributed by atoms with Gasteiger partial charge in [-0.15, -0.1) is 0 Å². The van der Waals surface area contributed by atoms with Gasteiger partial charge in [0.15, 0.2) is 0 Å². The highest BCUT2D eigenvalue weighted by Crippen LogP contribution is 2.05. The summed E-state index contributed by atoms with van der Waals surface area (Å²) in [5, 5.41) is 0. The molecule has 1 aliphatic rings. The monoisotopic (exact) mass is 243 g/mol. The van der Waals surface area contributed by atoms with Crippen molar-refractivity contribution in [2.24, 2.45) is 5.73 Å². The summed E-state index contributed by atoms with van der Waals surface area (Å²) in [7, 11) is 1.87. The summed E-state index contributed by atoms with van der Waals surface area (Å²) >= 11 is 0. The van der Waals surface area contributed by atoms with Crippen LogP contribution in [-0.2, 0) is 9.53 Å². The van der Waals surface area contributed by atoms with E-state index >= 15 is 0 Å². The topological polar surface area (TPSA) is 58.8 Å². The van der Waals surface area contributed by atoms with E-state index in [2.05, 4.69) is 4.90 Å². The van der Waals surface area contributed by atoms with Gasteiger partial charge in [0, 0.05) is 39.8 Å². The zero-order chi connectivity index (χ0) is 12.7. The molecule has 5 heteroatoms. The second-order valence-corrected chi connectivity index (χ2v) is 4.55. The molecule has 1 heterocycles. The quantitative estimate of drug-likeness (QED) is 0.708. The molecule has 100 valence electrons. The third-order valence-corrected chi connectivity index (χ3v) is 3.19. The first kappa shape index (κ1) is 14.4. The highest BCUT2D eigenvalue weighted by molar-refractivity contribution is 5.78. The number of hydrogen-bond donors (Lipinski definition) is 1. The average Bonchev–Trinajstić information content (AvgIpc) is 2.47. The maximum Gasteiger partial charge on any atom is 0.236 e. The third-order valence-electron chi connectivity index (χ3n) is 3.19. The minimum absolute atomic E-state index is 0.121. The molecular weight excluding hydrogens is 218 g/mol. The van der Waals surface area contributed by atoms with Crippen LogP contribution >= 0.6 is 0 Å². The van der Waals surface area contributed by atoms with Gasteiger partial charge >= 0.3 is 0 Å². The van der Waals surface area contributed by atoms with Crippen LogP contribution in [0.3, 0.4) is 0 Å². The van der Waals surface area contributed by atoms with E-state index in [4.69, 9.17) is 10.5 Å². The zero-order valence-corrected chi connectivity index (χ0v) is 11.0. The first-order valence-electron chi connectivity index (χ1n) is 6.45. The number of nitrogens with two attached hydrogens (primary N) is 1. The molecule has 0 spiro atoms. The molecule has 1 fully saturated rings. The fourth-order valence-corrected chi connectivity index (χ4v) is 2.07. The molecule has 1 amide bonds. The Morgan fingerprint density at radius 1 is 1.47 bits per heavy atom. The number of nitrogens with zero attached hydrogens (tertiary/aromatic N) is 2. The predicted octanol–water partition coefficient (Wildman–Crippen LogP) is -0.0956. The summed E-state index contributed by atoms with van der Waals surface area (Å²) in [5.41, 5.74) is 5.64. The van der Waals surface area contributed by atoms with E-state index in [1.165, 1.54) is 0 Å². The number of ether oxygens (including phenoxy) is 1. The molecule has 0 radical (unpaired) electrons. The maximum atomic E-state index is 11.7. The average molecular weight is 243 g/mol. The van der Waals surface area contributed by atoms with Crippen LogP contribution in [0.5, 0.6) is 0 Å². The van der Waals surface area contributed by atoms with Gasteiger partial charge in [-0.3, -0.25) is 9.69 Å². The van der Waals surface area contributed by atoms with Crippen molar-refractivity contribution >= 4 is 5.91 Å². The lowest BCUT2D eigenvalue weighted by molar-refractivity contribution is -0.130. The molecule has 1 unspecified atom stereocenters. The van der Waals surface area contributed by atoms with Gasteiger partial charge < -0.3 is 15.4 Å². The molecule has 5 nitrogen and oxygen atoms in total. The van der Waals surface area contributed by atoms with E-state index in [9.17, 15) is 4.79 Å². The predicted molar refractivity (Wildman–Crippen MR) is 67.8 cm³/mol. The molecule has 1 aliphatic heterocycles. The number of amides is 1. The number of rotatable bonds is 6. The van der Waals surface area contributed by atoms with Gasteiger partial charge in [-0.1, -0.05) is 0 Å². The minimum atomic E-state index is 0.121. The molecule has 0 bridgehead atoms. The van der Waals surface area contributed by atoms with Gasteiger partial charge in [0.2, 0.25) is 5.91 Å². The summed E-state index contributed by atoms with van der Waals surface area (Å²) in [6.07, 6.45) is 2.07. The Balaban J connectivity index is 2.32. The highest BCUT2D eigenvalue weighted by Gasteiger charge is 2.19. The molecular formula is C12H25N3O2. The van der Waals surface area contributed by atoms with Crippen LogP contribution in [0.4, 0.5) is 0 Å². The van der Waals surface area contributed by atoms with Crippen molar-refractivity contribution in [3.8, 4) is 0 Å². The lowest BCUT2D eigenvalue weighted by Crippen LogP contribution is -2.37. The van der Waals surface area contributed by atoms with E-state index in [-0.39, 0.29) is 12.0 Å². The van der Waals surface area contributed by atoms with Crippen LogP contribution in [0.1, 0.15) is 19.8 Å².